The van der Waals surface area contributed by atoms with E-state index in [4.69, 9.17) is 4.74 Å². The second kappa shape index (κ2) is 12.1. The zero-order valence-electron chi connectivity index (χ0n) is 20.1. The number of thioether (sulfide) groups is 1. The summed E-state index contributed by atoms with van der Waals surface area (Å²) in [6.07, 6.45) is 9.50. The number of hydrogen-bond donors (Lipinski definition) is 2. The van der Waals surface area contributed by atoms with Crippen LogP contribution in [-0.4, -0.2) is 39.5 Å². The van der Waals surface area contributed by atoms with Crippen LogP contribution in [0.2, 0.25) is 0 Å². The van der Waals surface area contributed by atoms with E-state index in [1.165, 1.54) is 11.3 Å². The van der Waals surface area contributed by atoms with Gasteiger partial charge < -0.3 is 15.3 Å². The van der Waals surface area contributed by atoms with E-state index in [2.05, 4.69) is 36.0 Å². The molecular formula is C25H32N4O3S2. The minimum absolute atomic E-state index is 0.113. The van der Waals surface area contributed by atoms with Crippen molar-refractivity contribution in [2.24, 2.45) is 18.1 Å². The minimum atomic E-state index is -0.113. The van der Waals surface area contributed by atoms with Crippen molar-refractivity contribution < 1.29 is 14.7 Å². The van der Waals surface area contributed by atoms with Gasteiger partial charge in [-0.1, -0.05) is 29.8 Å². The van der Waals surface area contributed by atoms with E-state index < -0.39 is 0 Å². The van der Waals surface area contributed by atoms with Crippen molar-refractivity contribution in [3.8, 4) is 0 Å². The zero-order valence-corrected chi connectivity index (χ0v) is 21.8. The van der Waals surface area contributed by atoms with Crippen LogP contribution in [0.25, 0.3) is 0 Å². The zero-order chi connectivity index (χ0) is 24.7. The Balaban J connectivity index is 1.93. The van der Waals surface area contributed by atoms with Crippen LogP contribution < -0.4 is 5.32 Å². The van der Waals surface area contributed by atoms with E-state index in [9.17, 15) is 10.0 Å². The van der Waals surface area contributed by atoms with Crippen molar-refractivity contribution in [1.29, 1.82) is 0 Å². The number of amides is 1. The molecule has 0 fully saturated rings. The van der Waals surface area contributed by atoms with Gasteiger partial charge in [0.25, 0.3) is 5.91 Å². The van der Waals surface area contributed by atoms with Gasteiger partial charge in [-0.3, -0.25) is 9.48 Å². The quantitative estimate of drug-likeness (QED) is 0.115. The lowest BCUT2D eigenvalue weighted by Gasteiger charge is -2.25. The van der Waals surface area contributed by atoms with E-state index >= 15 is 0 Å². The molecule has 182 valence electrons. The van der Waals surface area contributed by atoms with Gasteiger partial charge in [0.2, 0.25) is 0 Å². The first-order valence-corrected chi connectivity index (χ1v) is 13.0. The first-order chi connectivity index (χ1) is 16.4. The number of allylic oxidation sites excluding steroid dienone is 4. The van der Waals surface area contributed by atoms with Gasteiger partial charge in [-0.2, -0.15) is 5.10 Å². The first kappa shape index (κ1) is 25.8. The van der Waals surface area contributed by atoms with E-state index in [1.807, 2.05) is 25.3 Å². The van der Waals surface area contributed by atoms with E-state index in [1.54, 1.807) is 35.8 Å². The first-order valence-electron chi connectivity index (χ1n) is 11.2. The molecule has 2 N–H and O–H groups in total. The highest BCUT2D eigenvalue weighted by Gasteiger charge is 2.33. The van der Waals surface area contributed by atoms with Crippen molar-refractivity contribution in [1.82, 2.24) is 15.1 Å². The van der Waals surface area contributed by atoms with Gasteiger partial charge in [0.15, 0.2) is 0 Å². The molecule has 1 atom stereocenters. The highest BCUT2D eigenvalue weighted by atomic mass is 32.2. The summed E-state index contributed by atoms with van der Waals surface area (Å²) in [6.45, 7) is 8.31. The normalized spacial score (nSPS) is 17.5. The van der Waals surface area contributed by atoms with Crippen molar-refractivity contribution in [3.05, 3.63) is 70.1 Å². The molecule has 2 heterocycles. The molecule has 0 bridgehead atoms. The molecule has 0 saturated carbocycles. The molecule has 3 rings (SSSR count). The van der Waals surface area contributed by atoms with Crippen LogP contribution in [0.1, 0.15) is 53.2 Å². The van der Waals surface area contributed by atoms with Crippen LogP contribution in [0.5, 0.6) is 0 Å². The van der Waals surface area contributed by atoms with Crippen LogP contribution in [0.4, 0.5) is 0 Å². The topological polar surface area (TPSA) is 88.7 Å². The number of nitrogens with zero attached hydrogens (tertiary/aromatic N) is 3. The fourth-order valence-corrected chi connectivity index (χ4v) is 6.45. The second-order valence-corrected chi connectivity index (χ2v) is 10.6. The lowest BCUT2D eigenvalue weighted by molar-refractivity contribution is 0.0953. The Morgan fingerprint density at radius 3 is 2.88 bits per heavy atom. The van der Waals surface area contributed by atoms with E-state index in [0.717, 1.165) is 38.1 Å². The number of carbonyl (C=O) groups is 1. The molecule has 1 aliphatic rings. The molecule has 1 amide bonds. The fraction of sp³-hybridized carbons (Fsp3) is 0.400. The number of rotatable bonds is 10. The number of hydrogen-bond acceptors (Lipinski definition) is 7. The average Bonchev–Trinajstić information content (AvgIpc) is 3.42. The number of aromatic nitrogens is 2. The van der Waals surface area contributed by atoms with Gasteiger partial charge in [0, 0.05) is 31.6 Å². The summed E-state index contributed by atoms with van der Waals surface area (Å²) in [4.78, 5) is 13.9. The monoisotopic (exact) mass is 500 g/mol. The van der Waals surface area contributed by atoms with Crippen molar-refractivity contribution in [3.63, 3.8) is 0 Å². The van der Waals surface area contributed by atoms with Crippen LogP contribution in [-0.2, 0) is 24.8 Å². The minimum Gasteiger partial charge on any atom is -0.501 e. The Bertz CT molecular complexity index is 1130. The summed E-state index contributed by atoms with van der Waals surface area (Å²) in [6, 6.07) is 1.89. The van der Waals surface area contributed by atoms with Gasteiger partial charge in [0.1, 0.15) is 0 Å². The standard InChI is InChI=1S/C25H32N4O3S2/c1-6-8-19(32-5)10-9-16(3)17-13-20-22(21(14-17)28-31)25(33-7-2)34-23(20)24(30)26-15-18-11-12-27-29(18)4/h6,9-12,17,31H,1,7-8,13-15H2,2-5H3,(H,26,30)/b16-9+,19-10+,28-21+. The van der Waals surface area contributed by atoms with Gasteiger partial charge in [-0.05, 0) is 42.7 Å². The van der Waals surface area contributed by atoms with Crippen molar-refractivity contribution in [2.45, 2.75) is 43.9 Å². The van der Waals surface area contributed by atoms with Crippen LogP contribution in [0, 0.1) is 5.92 Å². The summed E-state index contributed by atoms with van der Waals surface area (Å²) >= 11 is 3.17. The summed E-state index contributed by atoms with van der Waals surface area (Å²) in [5.41, 5.74) is 4.59. The Morgan fingerprint density at radius 2 is 2.26 bits per heavy atom. The summed E-state index contributed by atoms with van der Waals surface area (Å²) < 4.78 is 8.17. The molecule has 7 nitrogen and oxygen atoms in total. The molecular weight excluding hydrogens is 468 g/mol. The summed E-state index contributed by atoms with van der Waals surface area (Å²) in [7, 11) is 3.50. The third-order valence-corrected chi connectivity index (χ3v) is 8.28. The molecule has 0 aromatic carbocycles. The number of thiophene rings is 1. The smallest absolute Gasteiger partial charge is 0.262 e. The lowest BCUT2D eigenvalue weighted by Crippen LogP contribution is -2.27. The summed E-state index contributed by atoms with van der Waals surface area (Å²) in [5, 5.41) is 20.7. The second-order valence-electron chi connectivity index (χ2n) is 8.03. The Labute approximate surface area is 209 Å². The number of methoxy groups -OCH3 is 1. The van der Waals surface area contributed by atoms with E-state index in [0.29, 0.717) is 36.4 Å². The Kier molecular flexibility index (Phi) is 9.18. The SMILES string of the molecule is C=CC/C(=C\C=C(/C)C1C/C(=N\O)c2c(SCC)sc(C(=O)NCc3ccnn3C)c2C1)OC. The molecule has 2 aromatic heterocycles. The maximum Gasteiger partial charge on any atom is 0.262 e. The molecule has 0 spiro atoms. The predicted molar refractivity (Wildman–Crippen MR) is 139 cm³/mol. The lowest BCUT2D eigenvalue weighted by atomic mass is 9.79. The molecule has 1 unspecified atom stereocenters. The third kappa shape index (κ3) is 5.82. The van der Waals surface area contributed by atoms with Crippen LogP contribution in [0.3, 0.4) is 0 Å². The highest BCUT2D eigenvalue weighted by Crippen LogP contribution is 2.43. The molecule has 1 aliphatic carbocycles. The fourth-order valence-electron chi connectivity index (χ4n) is 3.96. The number of carbonyl (C=O) groups excluding carboxylic acids is 1. The molecule has 0 aliphatic heterocycles. The largest absolute Gasteiger partial charge is 0.501 e. The Hall–Kier alpha value is -2.78. The molecule has 0 radical (unpaired) electrons. The predicted octanol–water partition coefficient (Wildman–Crippen LogP) is 5.32. The maximum absolute atomic E-state index is 13.2. The van der Waals surface area contributed by atoms with Crippen molar-refractivity contribution in [2.75, 3.05) is 12.9 Å². The number of ether oxygens (including phenoxy) is 1. The van der Waals surface area contributed by atoms with Gasteiger partial charge >= 0.3 is 0 Å². The molecule has 0 saturated heterocycles. The van der Waals surface area contributed by atoms with Gasteiger partial charge in [-0.15, -0.1) is 29.7 Å². The van der Waals surface area contributed by atoms with Gasteiger partial charge in [-0.25, -0.2) is 0 Å². The maximum atomic E-state index is 13.2. The molecule has 34 heavy (non-hydrogen) atoms. The number of fused-ring (bicyclic) bond motifs is 1. The number of oxime groups is 1. The third-order valence-electron chi connectivity index (χ3n) is 5.89. The average molecular weight is 501 g/mol. The van der Waals surface area contributed by atoms with E-state index in [-0.39, 0.29) is 11.8 Å². The number of aryl methyl sites for hydroxylation is 1. The van der Waals surface area contributed by atoms with Crippen molar-refractivity contribution >= 4 is 34.7 Å². The summed E-state index contributed by atoms with van der Waals surface area (Å²) in [5.74, 6) is 1.71. The van der Waals surface area contributed by atoms with Gasteiger partial charge in [0.05, 0.1) is 39.9 Å². The molecule has 9 heteroatoms. The highest BCUT2D eigenvalue weighted by molar-refractivity contribution is 8.01. The van der Waals surface area contributed by atoms with Crippen LogP contribution >= 0.6 is 23.1 Å². The molecule has 2 aromatic rings. The van der Waals surface area contributed by atoms with Crippen LogP contribution in [0.15, 0.2) is 57.8 Å². The Morgan fingerprint density at radius 1 is 1.47 bits per heavy atom. The number of nitrogens with one attached hydrogen (secondary N) is 1.